The lowest BCUT2D eigenvalue weighted by atomic mass is 10.2. The second kappa shape index (κ2) is 8.05. The van der Waals surface area contributed by atoms with Crippen LogP contribution in [0.1, 0.15) is 12.0 Å². The molecule has 0 heterocycles. The summed E-state index contributed by atoms with van der Waals surface area (Å²) in [6, 6.07) is 2.54. The maximum atomic E-state index is 14.2. The monoisotopic (exact) mass is 337 g/mol. The lowest BCUT2D eigenvalue weighted by Crippen LogP contribution is -2.28. The van der Waals surface area contributed by atoms with Crippen LogP contribution >= 0.6 is 11.6 Å². The molecule has 0 unspecified atom stereocenters. The van der Waals surface area contributed by atoms with Crippen molar-refractivity contribution in [1.82, 2.24) is 14.9 Å². The molecule has 0 radical (unpaired) electrons. The van der Waals surface area contributed by atoms with Gasteiger partial charge in [-0.25, -0.2) is 17.5 Å². The summed E-state index contributed by atoms with van der Waals surface area (Å²) in [6.45, 7) is 1.19. The molecule has 120 valence electrons. The fourth-order valence-corrected chi connectivity index (χ4v) is 3.34. The highest BCUT2D eigenvalue weighted by Crippen LogP contribution is 2.23. The Labute approximate surface area is 130 Å². The van der Waals surface area contributed by atoms with Gasteiger partial charge in [0.2, 0.25) is 10.0 Å². The van der Waals surface area contributed by atoms with Crippen molar-refractivity contribution >= 4 is 21.6 Å². The molecule has 2 N–H and O–H groups in total. The summed E-state index contributed by atoms with van der Waals surface area (Å²) in [5.74, 6) is -0.770. The number of sulfonamides is 1. The third-order valence-corrected chi connectivity index (χ3v) is 4.49. The van der Waals surface area contributed by atoms with Gasteiger partial charge in [0.1, 0.15) is 10.7 Å². The molecule has 0 fully saturated rings. The van der Waals surface area contributed by atoms with Gasteiger partial charge in [0, 0.05) is 23.7 Å². The van der Waals surface area contributed by atoms with E-state index < -0.39 is 20.7 Å². The minimum Gasteiger partial charge on any atom is -0.316 e. The van der Waals surface area contributed by atoms with Crippen LogP contribution in [0, 0.1) is 5.82 Å². The SMILES string of the molecule is CNCc1cc(Cl)cc(S(=O)(=O)NCCCN(C)C)c1F. The molecule has 1 rings (SSSR count). The lowest BCUT2D eigenvalue weighted by molar-refractivity contribution is 0.400. The van der Waals surface area contributed by atoms with Crippen molar-refractivity contribution in [2.24, 2.45) is 0 Å². The van der Waals surface area contributed by atoms with Gasteiger partial charge in [-0.3, -0.25) is 0 Å². The quantitative estimate of drug-likeness (QED) is 0.704. The number of benzene rings is 1. The zero-order chi connectivity index (χ0) is 16.0. The number of hydrogen-bond donors (Lipinski definition) is 2. The molecule has 0 bridgehead atoms. The first kappa shape index (κ1) is 18.3. The van der Waals surface area contributed by atoms with E-state index >= 15 is 0 Å². The maximum absolute atomic E-state index is 14.2. The molecule has 0 aliphatic heterocycles. The van der Waals surface area contributed by atoms with Gasteiger partial charge in [0.05, 0.1) is 0 Å². The molecule has 5 nitrogen and oxygen atoms in total. The average Bonchev–Trinajstić information content (AvgIpc) is 2.38. The fraction of sp³-hybridized carbons (Fsp3) is 0.538. The zero-order valence-corrected chi connectivity index (χ0v) is 14.0. The first-order valence-corrected chi connectivity index (χ1v) is 8.41. The van der Waals surface area contributed by atoms with Gasteiger partial charge < -0.3 is 10.2 Å². The molecule has 0 aromatic heterocycles. The van der Waals surface area contributed by atoms with E-state index in [1.807, 2.05) is 19.0 Å². The molecule has 0 aliphatic carbocycles. The van der Waals surface area contributed by atoms with Crippen LogP contribution in [0.2, 0.25) is 5.02 Å². The first-order chi connectivity index (χ1) is 9.77. The van der Waals surface area contributed by atoms with E-state index in [0.717, 1.165) is 12.6 Å². The van der Waals surface area contributed by atoms with Crippen LogP contribution < -0.4 is 10.0 Å². The van der Waals surface area contributed by atoms with E-state index in [1.54, 1.807) is 7.05 Å². The molecule has 0 amide bonds. The average molecular weight is 338 g/mol. The van der Waals surface area contributed by atoms with Crippen LogP contribution in [-0.2, 0) is 16.6 Å². The van der Waals surface area contributed by atoms with Gasteiger partial charge in [-0.15, -0.1) is 0 Å². The van der Waals surface area contributed by atoms with E-state index in [-0.39, 0.29) is 23.7 Å². The van der Waals surface area contributed by atoms with Crippen molar-refractivity contribution in [3.05, 3.63) is 28.5 Å². The molecular formula is C13H21ClFN3O2S. The highest BCUT2D eigenvalue weighted by atomic mass is 35.5. The summed E-state index contributed by atoms with van der Waals surface area (Å²) in [6.07, 6.45) is 0.637. The van der Waals surface area contributed by atoms with E-state index in [0.29, 0.717) is 6.42 Å². The van der Waals surface area contributed by atoms with Gasteiger partial charge in [-0.1, -0.05) is 11.6 Å². The summed E-state index contributed by atoms with van der Waals surface area (Å²) in [7, 11) is 1.53. The highest BCUT2D eigenvalue weighted by Gasteiger charge is 2.21. The molecule has 21 heavy (non-hydrogen) atoms. The topological polar surface area (TPSA) is 61.4 Å². The fourth-order valence-electron chi connectivity index (χ4n) is 1.81. The predicted octanol–water partition coefficient (Wildman–Crippen LogP) is 1.43. The van der Waals surface area contributed by atoms with Gasteiger partial charge >= 0.3 is 0 Å². The second-order valence-corrected chi connectivity index (χ2v) is 7.13. The Balaban J connectivity index is 2.92. The van der Waals surface area contributed by atoms with Gasteiger partial charge in [-0.2, -0.15) is 0 Å². The number of nitrogens with zero attached hydrogens (tertiary/aromatic N) is 1. The van der Waals surface area contributed by atoms with Crippen LogP contribution in [-0.4, -0.2) is 47.6 Å². The van der Waals surface area contributed by atoms with Gasteiger partial charge in [0.15, 0.2) is 0 Å². The van der Waals surface area contributed by atoms with Crippen LogP contribution in [0.5, 0.6) is 0 Å². The molecule has 1 aromatic rings. The second-order valence-electron chi connectivity index (χ2n) is 4.96. The molecule has 0 atom stereocenters. The summed E-state index contributed by atoms with van der Waals surface area (Å²) >= 11 is 5.87. The molecule has 0 saturated carbocycles. The largest absolute Gasteiger partial charge is 0.316 e. The minimum atomic E-state index is -3.91. The zero-order valence-electron chi connectivity index (χ0n) is 12.4. The van der Waals surface area contributed by atoms with E-state index in [1.165, 1.54) is 6.07 Å². The molecule has 8 heteroatoms. The standard InChI is InChI=1S/C13H21ClFN3O2S/c1-16-9-10-7-11(14)8-12(13(10)15)21(19,20)17-5-4-6-18(2)3/h7-8,16-17H,4-6,9H2,1-3H3. The Kier molecular flexibility index (Phi) is 7.02. The van der Waals surface area contributed by atoms with Crippen molar-refractivity contribution in [3.63, 3.8) is 0 Å². The number of hydrogen-bond acceptors (Lipinski definition) is 4. The first-order valence-electron chi connectivity index (χ1n) is 6.55. The molecule has 0 saturated heterocycles. The molecule has 0 aliphatic rings. The Morgan fingerprint density at radius 1 is 1.33 bits per heavy atom. The van der Waals surface area contributed by atoms with Crippen LogP contribution in [0.4, 0.5) is 4.39 Å². The summed E-state index contributed by atoms with van der Waals surface area (Å²) in [5, 5.41) is 2.97. The van der Waals surface area contributed by atoms with Crippen molar-refractivity contribution in [1.29, 1.82) is 0 Å². The molecule has 0 spiro atoms. The predicted molar refractivity (Wildman–Crippen MR) is 82.5 cm³/mol. The number of nitrogens with one attached hydrogen (secondary N) is 2. The Morgan fingerprint density at radius 2 is 2.00 bits per heavy atom. The molecule has 1 aromatic carbocycles. The van der Waals surface area contributed by atoms with Crippen molar-refractivity contribution in [2.45, 2.75) is 17.9 Å². The van der Waals surface area contributed by atoms with Crippen LogP contribution in [0.25, 0.3) is 0 Å². The Morgan fingerprint density at radius 3 is 2.57 bits per heavy atom. The van der Waals surface area contributed by atoms with E-state index in [4.69, 9.17) is 11.6 Å². The Bertz CT molecular complexity index is 579. The van der Waals surface area contributed by atoms with Crippen LogP contribution in [0.15, 0.2) is 17.0 Å². The summed E-state index contributed by atoms with van der Waals surface area (Å²) < 4.78 is 41.0. The van der Waals surface area contributed by atoms with E-state index in [2.05, 4.69) is 10.0 Å². The summed E-state index contributed by atoms with van der Waals surface area (Å²) in [5.41, 5.74) is 0.221. The van der Waals surface area contributed by atoms with Crippen molar-refractivity contribution < 1.29 is 12.8 Å². The highest BCUT2D eigenvalue weighted by molar-refractivity contribution is 7.89. The Hall–Kier alpha value is -0.730. The number of rotatable bonds is 8. The third-order valence-electron chi connectivity index (χ3n) is 2.81. The third kappa shape index (κ3) is 5.52. The van der Waals surface area contributed by atoms with Gasteiger partial charge in [0.25, 0.3) is 0 Å². The van der Waals surface area contributed by atoms with Crippen molar-refractivity contribution in [3.8, 4) is 0 Å². The summed E-state index contributed by atoms with van der Waals surface area (Å²) in [4.78, 5) is 1.53. The number of halogens is 2. The van der Waals surface area contributed by atoms with Gasteiger partial charge in [-0.05, 0) is 46.2 Å². The van der Waals surface area contributed by atoms with Crippen LogP contribution in [0.3, 0.4) is 0 Å². The lowest BCUT2D eigenvalue weighted by Gasteiger charge is -2.12. The smallest absolute Gasteiger partial charge is 0.243 e. The minimum absolute atomic E-state index is 0.190. The van der Waals surface area contributed by atoms with Crippen molar-refractivity contribution in [2.75, 3.05) is 34.2 Å². The van der Waals surface area contributed by atoms with E-state index in [9.17, 15) is 12.8 Å². The maximum Gasteiger partial charge on any atom is 0.243 e. The normalized spacial score (nSPS) is 12.1. The molecular weight excluding hydrogens is 317 g/mol.